The highest BCUT2D eigenvalue weighted by atomic mass is 32.2. The van der Waals surface area contributed by atoms with E-state index in [1.807, 2.05) is 6.92 Å². The van der Waals surface area contributed by atoms with Gasteiger partial charge < -0.3 is 19.4 Å². The Labute approximate surface area is 210 Å². The summed E-state index contributed by atoms with van der Waals surface area (Å²) in [5.41, 5.74) is 2.00. The number of fused-ring (bicyclic) bond motifs is 1. The molecule has 1 N–H and O–H groups in total. The molecule has 192 valence electrons. The number of pyridine rings is 1. The van der Waals surface area contributed by atoms with E-state index in [2.05, 4.69) is 15.1 Å². The van der Waals surface area contributed by atoms with Gasteiger partial charge in [0.1, 0.15) is 5.75 Å². The van der Waals surface area contributed by atoms with Gasteiger partial charge in [0.15, 0.2) is 5.92 Å². The summed E-state index contributed by atoms with van der Waals surface area (Å²) in [6, 6.07) is 8.43. The molecule has 0 spiro atoms. The van der Waals surface area contributed by atoms with Gasteiger partial charge in [0.05, 0.1) is 52.7 Å². The van der Waals surface area contributed by atoms with Gasteiger partial charge >= 0.3 is 5.97 Å². The highest BCUT2D eigenvalue weighted by Crippen LogP contribution is 2.25. The zero-order valence-corrected chi connectivity index (χ0v) is 21.1. The molecule has 3 rings (SSSR count). The van der Waals surface area contributed by atoms with Crippen LogP contribution in [0.4, 0.5) is 0 Å². The first-order valence-corrected chi connectivity index (χ1v) is 12.5. The zero-order chi connectivity index (χ0) is 26.1. The van der Waals surface area contributed by atoms with Gasteiger partial charge in [-0.25, -0.2) is 4.98 Å². The maximum absolute atomic E-state index is 13.5. The van der Waals surface area contributed by atoms with Crippen molar-refractivity contribution in [1.29, 1.82) is 0 Å². The molecule has 0 aliphatic heterocycles. The summed E-state index contributed by atoms with van der Waals surface area (Å²) in [6.45, 7) is 4.45. The molecule has 0 aliphatic carbocycles. The smallest absolute Gasteiger partial charge is 0.324 e. The van der Waals surface area contributed by atoms with Gasteiger partial charge in [-0.2, -0.15) is 0 Å². The number of rotatable bonds is 12. The third-order valence-electron chi connectivity index (χ3n) is 5.25. The van der Waals surface area contributed by atoms with Crippen molar-refractivity contribution in [3.05, 3.63) is 47.8 Å². The minimum absolute atomic E-state index is 0.0279. The van der Waals surface area contributed by atoms with Crippen molar-refractivity contribution < 1.29 is 33.2 Å². The summed E-state index contributed by atoms with van der Waals surface area (Å²) in [7, 11) is -0.210. The maximum atomic E-state index is 13.5. The number of carbonyl (C=O) groups excluding carboxylic acids is 2. The van der Waals surface area contributed by atoms with Crippen LogP contribution in [0.2, 0.25) is 0 Å². The molecule has 0 radical (unpaired) electrons. The van der Waals surface area contributed by atoms with Gasteiger partial charge in [0.2, 0.25) is 5.16 Å². The number of ether oxygens (including phenoxy) is 3. The normalized spacial score (nSPS) is 13.1. The van der Waals surface area contributed by atoms with Crippen molar-refractivity contribution in [2.75, 3.05) is 26.9 Å². The lowest BCUT2D eigenvalue weighted by molar-refractivity contribution is -0.144. The van der Waals surface area contributed by atoms with Crippen LogP contribution in [0, 0.1) is 12.8 Å². The SMILES string of the molecule is CCOC(=O)C(/C=N/O)C(=O)n1c(S(=O)Cc2nccc(OCCCOC)c2C)nc2ccccc21. The minimum atomic E-state index is -1.83. The first-order chi connectivity index (χ1) is 17.4. The first kappa shape index (κ1) is 27.0. The summed E-state index contributed by atoms with van der Waals surface area (Å²) in [4.78, 5) is 34.6. The van der Waals surface area contributed by atoms with Crippen molar-refractivity contribution in [3.8, 4) is 5.75 Å². The molecule has 36 heavy (non-hydrogen) atoms. The molecular weight excluding hydrogens is 488 g/mol. The van der Waals surface area contributed by atoms with Crippen molar-refractivity contribution in [3.63, 3.8) is 0 Å². The number of nitrogens with zero attached hydrogens (tertiary/aromatic N) is 4. The number of esters is 1. The molecule has 11 nitrogen and oxygen atoms in total. The first-order valence-electron chi connectivity index (χ1n) is 11.2. The summed E-state index contributed by atoms with van der Waals surface area (Å²) in [5, 5.41) is 11.8. The van der Waals surface area contributed by atoms with Crippen LogP contribution in [-0.2, 0) is 30.8 Å². The van der Waals surface area contributed by atoms with Gasteiger partial charge in [0, 0.05) is 31.9 Å². The van der Waals surface area contributed by atoms with E-state index in [1.54, 1.807) is 50.6 Å². The number of imidazole rings is 1. The van der Waals surface area contributed by atoms with Crippen LogP contribution in [0.25, 0.3) is 11.0 Å². The molecule has 0 saturated heterocycles. The van der Waals surface area contributed by atoms with Crippen LogP contribution in [0.3, 0.4) is 0 Å². The molecule has 2 unspecified atom stereocenters. The van der Waals surface area contributed by atoms with Crippen LogP contribution < -0.4 is 4.74 Å². The number of benzene rings is 1. The molecular formula is C24H28N4O7S. The number of oxime groups is 1. The van der Waals surface area contributed by atoms with E-state index in [0.29, 0.717) is 47.7 Å². The lowest BCUT2D eigenvalue weighted by atomic mass is 10.1. The Bertz CT molecular complexity index is 1270. The van der Waals surface area contributed by atoms with Crippen molar-refractivity contribution >= 4 is 39.9 Å². The van der Waals surface area contributed by atoms with Gasteiger partial charge in [-0.3, -0.25) is 23.3 Å². The molecule has 2 atom stereocenters. The number of aromatic nitrogens is 3. The van der Waals surface area contributed by atoms with E-state index in [4.69, 9.17) is 19.4 Å². The standard InChI is InChI=1S/C24H28N4O7S/c1-4-34-23(30)17(14-26-31)22(29)28-20-9-6-5-8-18(20)27-24(28)36(32)15-19-16(2)21(10-11-25-19)35-13-7-12-33-3/h5-6,8-11,14,17,31H,4,7,12-13,15H2,1-3H3/b26-14+. The quantitative estimate of drug-likeness (QED) is 0.0960. The lowest BCUT2D eigenvalue weighted by Crippen LogP contribution is -2.32. The van der Waals surface area contributed by atoms with E-state index in [0.717, 1.165) is 10.8 Å². The summed E-state index contributed by atoms with van der Waals surface area (Å²) < 4.78 is 30.4. The van der Waals surface area contributed by atoms with Gasteiger partial charge in [-0.15, -0.1) is 5.16 Å². The van der Waals surface area contributed by atoms with Crippen LogP contribution in [0.15, 0.2) is 46.8 Å². The molecule has 0 bridgehead atoms. The monoisotopic (exact) mass is 516 g/mol. The highest BCUT2D eigenvalue weighted by Gasteiger charge is 2.32. The number of methoxy groups -OCH3 is 1. The van der Waals surface area contributed by atoms with Gasteiger partial charge in [0.25, 0.3) is 5.91 Å². The Hall–Kier alpha value is -3.64. The summed E-state index contributed by atoms with van der Waals surface area (Å²) >= 11 is 0. The van der Waals surface area contributed by atoms with Crippen molar-refractivity contribution in [2.24, 2.45) is 11.1 Å². The Kier molecular flexibility index (Phi) is 9.65. The third-order valence-corrected chi connectivity index (χ3v) is 6.47. The number of para-hydroxylation sites is 2. The average Bonchev–Trinajstić information content (AvgIpc) is 3.27. The second-order valence-electron chi connectivity index (χ2n) is 7.62. The number of hydrogen-bond donors (Lipinski definition) is 1. The fourth-order valence-corrected chi connectivity index (χ4v) is 4.73. The summed E-state index contributed by atoms with van der Waals surface area (Å²) in [6.07, 6.45) is 3.05. The van der Waals surface area contributed by atoms with E-state index < -0.39 is 28.6 Å². The molecule has 0 fully saturated rings. The van der Waals surface area contributed by atoms with Crippen LogP contribution in [0.1, 0.15) is 29.4 Å². The Morgan fingerprint density at radius 1 is 1.25 bits per heavy atom. The van der Waals surface area contributed by atoms with Gasteiger partial charge in [-0.05, 0) is 32.0 Å². The molecule has 0 amide bonds. The number of carbonyl (C=O) groups is 2. The molecule has 1 aromatic carbocycles. The second kappa shape index (κ2) is 12.9. The van der Waals surface area contributed by atoms with Gasteiger partial charge in [-0.1, -0.05) is 12.1 Å². The highest BCUT2D eigenvalue weighted by molar-refractivity contribution is 7.84. The average molecular weight is 517 g/mol. The largest absolute Gasteiger partial charge is 0.493 e. The Morgan fingerprint density at radius 2 is 2.03 bits per heavy atom. The predicted molar refractivity (Wildman–Crippen MR) is 132 cm³/mol. The molecule has 0 saturated carbocycles. The Balaban J connectivity index is 1.96. The fourth-order valence-electron chi connectivity index (χ4n) is 3.47. The number of hydrogen-bond acceptors (Lipinski definition) is 10. The van der Waals surface area contributed by atoms with Crippen molar-refractivity contribution in [1.82, 2.24) is 14.5 Å². The molecule has 3 aromatic rings. The van der Waals surface area contributed by atoms with E-state index in [1.165, 1.54) is 0 Å². The Morgan fingerprint density at radius 3 is 2.75 bits per heavy atom. The molecule has 2 aromatic heterocycles. The van der Waals surface area contributed by atoms with Crippen LogP contribution in [-0.4, -0.2) is 69.0 Å². The lowest BCUT2D eigenvalue weighted by Gasteiger charge is -2.14. The maximum Gasteiger partial charge on any atom is 0.324 e. The molecule has 12 heteroatoms. The topological polar surface area (TPSA) is 142 Å². The van der Waals surface area contributed by atoms with Crippen molar-refractivity contribution in [2.45, 2.75) is 31.2 Å². The molecule has 0 aliphatic rings. The molecule has 2 heterocycles. The predicted octanol–water partition coefficient (Wildman–Crippen LogP) is 2.74. The van der Waals surface area contributed by atoms with E-state index >= 15 is 0 Å². The summed E-state index contributed by atoms with van der Waals surface area (Å²) in [5.74, 6) is -2.68. The van der Waals surface area contributed by atoms with Crippen LogP contribution in [0.5, 0.6) is 5.75 Å². The van der Waals surface area contributed by atoms with E-state index in [9.17, 15) is 13.8 Å². The van der Waals surface area contributed by atoms with E-state index in [-0.39, 0.29) is 17.5 Å². The minimum Gasteiger partial charge on any atom is -0.493 e. The van der Waals surface area contributed by atoms with Crippen LogP contribution >= 0.6 is 0 Å². The third kappa shape index (κ3) is 6.13. The zero-order valence-electron chi connectivity index (χ0n) is 20.2. The fraction of sp³-hybridized carbons (Fsp3) is 0.375. The second-order valence-corrected chi connectivity index (χ2v) is 8.96.